The molecule has 0 aliphatic heterocycles. The van der Waals surface area contributed by atoms with Gasteiger partial charge in [0.1, 0.15) is 0 Å². The van der Waals surface area contributed by atoms with Crippen LogP contribution in [0.4, 0.5) is 0 Å². The molecule has 0 fully saturated rings. The summed E-state index contributed by atoms with van der Waals surface area (Å²) in [7, 11) is 0. The maximum Gasteiger partial charge on any atom is 0.0612 e. The SMILES string of the molecule is C=C/C=C\C(=N)C(=C)/C=C\C(=N)c1ccc2c(-c3ccccc3-c3ccccc3)c3ccccc3c(-c3ccccc3-c3ccccc3)c2c1. The molecule has 0 amide bonds. The summed E-state index contributed by atoms with van der Waals surface area (Å²) < 4.78 is 0. The van der Waals surface area contributed by atoms with Crippen molar-refractivity contribution in [3.8, 4) is 44.5 Å². The number of fused-ring (bicyclic) bond motifs is 2. The van der Waals surface area contributed by atoms with Crippen molar-refractivity contribution in [3.05, 3.63) is 206 Å². The van der Waals surface area contributed by atoms with Crippen molar-refractivity contribution >= 4 is 33.0 Å². The van der Waals surface area contributed by atoms with E-state index in [0.29, 0.717) is 11.3 Å². The highest BCUT2D eigenvalue weighted by Crippen LogP contribution is 2.48. The fraction of sp³-hybridized carbons (Fsp3) is 0. The van der Waals surface area contributed by atoms with Gasteiger partial charge in [-0.25, -0.2) is 0 Å². The minimum absolute atomic E-state index is 0.278. The Morgan fingerprint density at radius 2 is 0.920 bits per heavy atom. The molecule has 7 aromatic rings. The molecule has 0 aliphatic carbocycles. The van der Waals surface area contributed by atoms with E-state index in [2.05, 4.69) is 153 Å². The summed E-state index contributed by atoms with van der Waals surface area (Å²) in [4.78, 5) is 0. The van der Waals surface area contributed by atoms with Gasteiger partial charge in [0.2, 0.25) is 0 Å². The Kier molecular flexibility index (Phi) is 9.09. The van der Waals surface area contributed by atoms with E-state index >= 15 is 0 Å². The monoisotopic (exact) mass is 640 g/mol. The fourth-order valence-electron chi connectivity index (χ4n) is 6.71. The highest BCUT2D eigenvalue weighted by Gasteiger charge is 2.21. The molecule has 7 aromatic carbocycles. The van der Waals surface area contributed by atoms with Crippen LogP contribution in [0.1, 0.15) is 5.56 Å². The number of nitrogens with one attached hydrogen (secondary N) is 2. The molecule has 0 saturated heterocycles. The number of benzene rings is 7. The van der Waals surface area contributed by atoms with Crippen molar-refractivity contribution in [1.82, 2.24) is 0 Å². The number of hydrogen-bond acceptors (Lipinski definition) is 2. The largest absolute Gasteiger partial charge is 0.300 e. The van der Waals surface area contributed by atoms with Crippen LogP contribution in [0.5, 0.6) is 0 Å². The lowest BCUT2D eigenvalue weighted by atomic mass is 9.81. The van der Waals surface area contributed by atoms with Crippen molar-refractivity contribution in [2.45, 2.75) is 0 Å². The fourth-order valence-corrected chi connectivity index (χ4v) is 6.71. The third-order valence-electron chi connectivity index (χ3n) is 9.09. The minimum atomic E-state index is 0.278. The first kappa shape index (κ1) is 31.9. The Morgan fingerprint density at radius 1 is 0.460 bits per heavy atom. The number of allylic oxidation sites excluding steroid dienone is 6. The quantitative estimate of drug-likeness (QED) is 0.0849. The van der Waals surface area contributed by atoms with Crippen LogP contribution in [0.25, 0.3) is 66.1 Å². The Morgan fingerprint density at radius 3 is 1.46 bits per heavy atom. The van der Waals surface area contributed by atoms with Gasteiger partial charge in [0.15, 0.2) is 0 Å². The summed E-state index contributed by atoms with van der Waals surface area (Å²) in [5, 5.41) is 21.9. The highest BCUT2D eigenvalue weighted by molar-refractivity contribution is 6.24. The maximum absolute atomic E-state index is 9.12. The molecule has 0 atom stereocenters. The van der Waals surface area contributed by atoms with Gasteiger partial charge in [-0.3, -0.25) is 0 Å². The summed E-state index contributed by atoms with van der Waals surface area (Å²) >= 11 is 0. The second kappa shape index (κ2) is 14.2. The van der Waals surface area contributed by atoms with Gasteiger partial charge in [-0.1, -0.05) is 177 Å². The van der Waals surface area contributed by atoms with E-state index in [0.717, 1.165) is 55.1 Å². The van der Waals surface area contributed by atoms with Crippen molar-refractivity contribution in [2.24, 2.45) is 0 Å². The predicted molar refractivity (Wildman–Crippen MR) is 215 cm³/mol. The molecule has 0 aliphatic rings. The van der Waals surface area contributed by atoms with Crippen molar-refractivity contribution in [3.63, 3.8) is 0 Å². The third-order valence-corrected chi connectivity index (χ3v) is 9.09. The number of rotatable bonds is 10. The first-order valence-corrected chi connectivity index (χ1v) is 16.7. The van der Waals surface area contributed by atoms with Crippen LogP contribution in [-0.4, -0.2) is 11.4 Å². The smallest absolute Gasteiger partial charge is 0.0612 e. The van der Waals surface area contributed by atoms with Gasteiger partial charge in [-0.2, -0.15) is 0 Å². The molecule has 238 valence electrons. The molecule has 2 heteroatoms. The minimum Gasteiger partial charge on any atom is -0.300 e. The number of hydrogen-bond donors (Lipinski definition) is 2. The van der Waals surface area contributed by atoms with Crippen molar-refractivity contribution < 1.29 is 0 Å². The molecule has 0 radical (unpaired) electrons. The molecule has 0 bridgehead atoms. The van der Waals surface area contributed by atoms with E-state index in [1.807, 2.05) is 12.1 Å². The van der Waals surface area contributed by atoms with Crippen molar-refractivity contribution in [1.29, 1.82) is 10.8 Å². The maximum atomic E-state index is 9.12. The van der Waals surface area contributed by atoms with E-state index in [1.54, 1.807) is 30.4 Å². The second-order valence-electron chi connectivity index (χ2n) is 12.2. The molecule has 0 heterocycles. The van der Waals surface area contributed by atoms with E-state index in [-0.39, 0.29) is 5.71 Å². The van der Waals surface area contributed by atoms with Crippen molar-refractivity contribution in [2.75, 3.05) is 0 Å². The zero-order valence-electron chi connectivity index (χ0n) is 27.7. The van der Waals surface area contributed by atoms with Gasteiger partial charge in [-0.05, 0) is 89.8 Å². The summed E-state index contributed by atoms with van der Waals surface area (Å²) in [6.07, 6.45) is 8.45. The van der Waals surface area contributed by atoms with Crippen LogP contribution >= 0.6 is 0 Å². The molecular weight excluding hydrogens is 605 g/mol. The van der Waals surface area contributed by atoms with Gasteiger partial charge >= 0.3 is 0 Å². The lowest BCUT2D eigenvalue weighted by Gasteiger charge is -2.21. The molecule has 2 N–H and O–H groups in total. The van der Waals surface area contributed by atoms with E-state index < -0.39 is 0 Å². The topological polar surface area (TPSA) is 47.7 Å². The first-order chi connectivity index (χ1) is 24.5. The molecule has 0 aromatic heterocycles. The zero-order valence-corrected chi connectivity index (χ0v) is 27.7. The molecule has 7 rings (SSSR count). The standard InChI is InChI=1S/C48H36N2/c1-3-4-27-45(49)33(2)28-31-46(50)36-29-30-43-44(32-36)48(40-24-14-12-22-38(40)35-19-9-6-10-20-35)42-26-16-15-25-41(42)47(43)39-23-13-11-21-37(39)34-17-7-5-8-18-34/h3-32,49-50H,1-2H2/b27-4-,31-28-,49-45?,50-46?. The average Bonchev–Trinajstić information content (AvgIpc) is 3.18. The third kappa shape index (κ3) is 6.19. The summed E-state index contributed by atoms with van der Waals surface area (Å²) in [5.41, 5.74) is 11.2. The van der Waals surface area contributed by atoms with E-state index in [9.17, 15) is 0 Å². The lowest BCUT2D eigenvalue weighted by molar-refractivity contribution is 1.49. The Hall–Kier alpha value is -6.64. The Bertz CT molecular complexity index is 2480. The molecule has 2 nitrogen and oxygen atoms in total. The molecule has 0 spiro atoms. The van der Waals surface area contributed by atoms with Gasteiger partial charge in [0.05, 0.1) is 11.4 Å². The average molecular weight is 641 g/mol. The van der Waals surface area contributed by atoms with Gasteiger partial charge in [-0.15, -0.1) is 0 Å². The molecular formula is C48H36N2. The van der Waals surface area contributed by atoms with Crippen LogP contribution in [0.15, 0.2) is 201 Å². The van der Waals surface area contributed by atoms with E-state index in [4.69, 9.17) is 10.8 Å². The summed E-state index contributed by atoms with van der Waals surface area (Å²) in [6.45, 7) is 7.72. The van der Waals surface area contributed by atoms with Gasteiger partial charge in [0.25, 0.3) is 0 Å². The van der Waals surface area contributed by atoms with Gasteiger partial charge < -0.3 is 10.8 Å². The first-order valence-electron chi connectivity index (χ1n) is 16.7. The van der Waals surface area contributed by atoms with Crippen LogP contribution in [0, 0.1) is 10.8 Å². The normalized spacial score (nSPS) is 11.4. The molecule has 0 unspecified atom stereocenters. The lowest BCUT2D eigenvalue weighted by Crippen LogP contribution is -1.99. The predicted octanol–water partition coefficient (Wildman–Crippen LogP) is 12.9. The molecule has 0 saturated carbocycles. The zero-order chi connectivity index (χ0) is 34.5. The van der Waals surface area contributed by atoms with Crippen LogP contribution in [0.2, 0.25) is 0 Å². The summed E-state index contributed by atoms with van der Waals surface area (Å²) in [6, 6.07) is 53.4. The Labute approximate surface area is 293 Å². The van der Waals surface area contributed by atoms with Crippen LogP contribution in [-0.2, 0) is 0 Å². The van der Waals surface area contributed by atoms with E-state index in [1.165, 1.54) is 16.5 Å². The van der Waals surface area contributed by atoms with Gasteiger partial charge in [0, 0.05) is 5.56 Å². The van der Waals surface area contributed by atoms with Crippen LogP contribution in [0.3, 0.4) is 0 Å². The molecule has 50 heavy (non-hydrogen) atoms. The summed E-state index contributed by atoms with van der Waals surface area (Å²) in [5.74, 6) is 0. The second-order valence-corrected chi connectivity index (χ2v) is 12.2. The van der Waals surface area contributed by atoms with Crippen LogP contribution < -0.4 is 0 Å². The highest BCUT2D eigenvalue weighted by atomic mass is 14.4. The Balaban J connectivity index is 1.53.